The van der Waals surface area contributed by atoms with Crippen LogP contribution in [0.15, 0.2) is 42.1 Å². The highest BCUT2D eigenvalue weighted by atomic mass is 35.5. The smallest absolute Gasteiger partial charge is 0.311 e. The van der Waals surface area contributed by atoms with Gasteiger partial charge >= 0.3 is 5.97 Å². The molecule has 0 aromatic heterocycles. The van der Waals surface area contributed by atoms with Crippen molar-refractivity contribution >= 4 is 46.4 Å². The summed E-state index contributed by atoms with van der Waals surface area (Å²) in [5.41, 5.74) is 3.87. The summed E-state index contributed by atoms with van der Waals surface area (Å²) in [6.45, 7) is 3.60. The van der Waals surface area contributed by atoms with Gasteiger partial charge in [-0.3, -0.25) is 19.3 Å². The lowest BCUT2D eigenvalue weighted by Crippen LogP contribution is -2.37. The normalized spacial score (nSPS) is 12.8. The lowest BCUT2D eigenvalue weighted by Gasteiger charge is -2.23. The minimum atomic E-state index is -0.485. The maximum Gasteiger partial charge on any atom is 0.311 e. The monoisotopic (exact) mass is 457 g/mol. The zero-order chi connectivity index (χ0) is 23.4. The number of ether oxygens (including phenoxy) is 2. The average molecular weight is 458 g/mol. The molecule has 0 bridgehead atoms. The summed E-state index contributed by atoms with van der Waals surface area (Å²) in [6, 6.07) is 8.56. The number of fused-ring (bicyclic) bond motifs is 1. The molecule has 1 heterocycles. The molecule has 168 valence electrons. The molecule has 2 aromatic carbocycles. The highest BCUT2D eigenvalue weighted by Crippen LogP contribution is 2.34. The van der Waals surface area contributed by atoms with Crippen LogP contribution in [-0.4, -0.2) is 38.5 Å². The Balaban J connectivity index is 1.93. The maximum atomic E-state index is 13.1. The van der Waals surface area contributed by atoms with Crippen molar-refractivity contribution in [3.63, 3.8) is 0 Å². The number of halogens is 1. The number of carbonyl (C=O) groups is 3. The van der Waals surface area contributed by atoms with Crippen molar-refractivity contribution < 1.29 is 23.9 Å². The van der Waals surface area contributed by atoms with Crippen molar-refractivity contribution in [3.05, 3.63) is 58.3 Å². The summed E-state index contributed by atoms with van der Waals surface area (Å²) in [4.78, 5) is 39.0. The first kappa shape index (κ1) is 23.1. The van der Waals surface area contributed by atoms with Gasteiger partial charge in [-0.2, -0.15) is 0 Å². The zero-order valence-corrected chi connectivity index (χ0v) is 19.0. The number of rotatable bonds is 6. The molecule has 0 atom stereocenters. The van der Waals surface area contributed by atoms with E-state index >= 15 is 0 Å². The molecule has 9 heteroatoms. The second-order valence-electron chi connectivity index (χ2n) is 7.32. The Labute approximate surface area is 191 Å². The van der Waals surface area contributed by atoms with Crippen LogP contribution < -0.4 is 20.3 Å². The largest absolute Gasteiger partial charge is 0.495 e. The third kappa shape index (κ3) is 5.20. The van der Waals surface area contributed by atoms with E-state index in [4.69, 9.17) is 21.1 Å². The third-order valence-corrected chi connectivity index (χ3v) is 5.30. The summed E-state index contributed by atoms with van der Waals surface area (Å²) < 4.78 is 9.98. The number of aryl methyl sites for hydroxylation is 2. The third-order valence-electron chi connectivity index (χ3n) is 5.06. The molecule has 0 fully saturated rings. The number of esters is 1. The van der Waals surface area contributed by atoms with E-state index in [1.807, 2.05) is 26.0 Å². The van der Waals surface area contributed by atoms with Crippen LogP contribution in [0.2, 0.25) is 5.02 Å². The van der Waals surface area contributed by atoms with E-state index in [1.165, 1.54) is 25.2 Å². The average Bonchev–Trinajstić information content (AvgIpc) is 2.85. The minimum Gasteiger partial charge on any atom is -0.495 e. The lowest BCUT2D eigenvalue weighted by atomic mass is 10.1. The standard InChI is InChI=1S/C23H24ClN3O5/c1-13-7-17-19(8-14(13)2)27(22(29)10-16(25-17)11-23(30)32-4)12-21(28)26-18-9-15(24)5-6-20(18)31-3/h5-10,25H,11-12H2,1-4H3,(H,26,28). The zero-order valence-electron chi connectivity index (χ0n) is 18.2. The fraction of sp³-hybridized carbons (Fsp3) is 0.261. The first-order valence-corrected chi connectivity index (χ1v) is 10.2. The van der Waals surface area contributed by atoms with Gasteiger partial charge in [-0.05, 0) is 55.3 Å². The molecule has 0 aliphatic carbocycles. The van der Waals surface area contributed by atoms with E-state index in [2.05, 4.69) is 10.6 Å². The molecular weight excluding hydrogens is 434 g/mol. The Hall–Kier alpha value is -3.52. The Bertz CT molecular complexity index is 1110. The predicted octanol–water partition coefficient (Wildman–Crippen LogP) is 3.81. The summed E-state index contributed by atoms with van der Waals surface area (Å²) >= 11 is 6.04. The number of carbonyl (C=O) groups excluding carboxylic acids is 3. The molecule has 0 radical (unpaired) electrons. The van der Waals surface area contributed by atoms with Crippen LogP contribution in [0.3, 0.4) is 0 Å². The number of hydrogen-bond donors (Lipinski definition) is 2. The molecule has 32 heavy (non-hydrogen) atoms. The Kier molecular flexibility index (Phi) is 7.05. The number of amides is 2. The van der Waals surface area contributed by atoms with Crippen molar-refractivity contribution in [2.24, 2.45) is 0 Å². The van der Waals surface area contributed by atoms with Crippen LogP contribution >= 0.6 is 11.6 Å². The molecule has 1 aliphatic rings. The van der Waals surface area contributed by atoms with Crippen LogP contribution in [0, 0.1) is 13.8 Å². The number of anilines is 3. The Morgan fingerprint density at radius 1 is 1.12 bits per heavy atom. The number of nitrogens with one attached hydrogen (secondary N) is 2. The fourth-order valence-corrected chi connectivity index (χ4v) is 3.45. The van der Waals surface area contributed by atoms with Crippen molar-refractivity contribution in [2.45, 2.75) is 20.3 Å². The van der Waals surface area contributed by atoms with Crippen molar-refractivity contribution in [3.8, 4) is 5.75 Å². The lowest BCUT2D eigenvalue weighted by molar-refractivity contribution is -0.139. The first-order chi connectivity index (χ1) is 15.2. The predicted molar refractivity (Wildman–Crippen MR) is 123 cm³/mol. The van der Waals surface area contributed by atoms with Crippen LogP contribution in [0.1, 0.15) is 17.5 Å². The van der Waals surface area contributed by atoms with Crippen LogP contribution in [-0.2, 0) is 19.1 Å². The Morgan fingerprint density at radius 3 is 2.53 bits per heavy atom. The molecule has 2 amide bonds. The van der Waals surface area contributed by atoms with Crippen molar-refractivity contribution in [2.75, 3.05) is 36.3 Å². The number of nitrogens with zero attached hydrogens (tertiary/aromatic N) is 1. The molecule has 0 spiro atoms. The fourth-order valence-electron chi connectivity index (χ4n) is 3.28. The number of hydrogen-bond acceptors (Lipinski definition) is 6. The molecule has 2 aromatic rings. The maximum absolute atomic E-state index is 13.1. The van der Waals surface area contributed by atoms with E-state index in [1.54, 1.807) is 18.2 Å². The van der Waals surface area contributed by atoms with Gasteiger partial charge in [-0.1, -0.05) is 11.6 Å². The Morgan fingerprint density at radius 2 is 1.84 bits per heavy atom. The van der Waals surface area contributed by atoms with Gasteiger partial charge in [0.2, 0.25) is 5.91 Å². The summed E-state index contributed by atoms with van der Waals surface area (Å²) in [7, 11) is 2.77. The van der Waals surface area contributed by atoms with Crippen molar-refractivity contribution in [1.82, 2.24) is 0 Å². The van der Waals surface area contributed by atoms with E-state index in [0.29, 0.717) is 33.5 Å². The molecule has 2 N–H and O–H groups in total. The van der Waals surface area contributed by atoms with Crippen molar-refractivity contribution in [1.29, 1.82) is 0 Å². The topological polar surface area (TPSA) is 97.0 Å². The van der Waals surface area contributed by atoms with Gasteiger partial charge in [0, 0.05) is 16.8 Å². The minimum absolute atomic E-state index is 0.103. The number of methoxy groups -OCH3 is 2. The molecule has 0 saturated carbocycles. The second kappa shape index (κ2) is 9.74. The number of benzene rings is 2. The quantitative estimate of drug-likeness (QED) is 0.640. The van der Waals surface area contributed by atoms with Gasteiger partial charge < -0.3 is 20.1 Å². The highest BCUT2D eigenvalue weighted by Gasteiger charge is 2.26. The van der Waals surface area contributed by atoms with Gasteiger partial charge in [0.25, 0.3) is 5.91 Å². The summed E-state index contributed by atoms with van der Waals surface area (Å²) in [5, 5.41) is 6.31. The SMILES string of the molecule is COC(=O)CC1=CC(=O)N(CC(=O)Nc2cc(Cl)ccc2OC)c2cc(C)c(C)cc2N1. The van der Waals surface area contributed by atoms with Gasteiger partial charge in [-0.15, -0.1) is 0 Å². The van der Waals surface area contributed by atoms with Crippen LogP contribution in [0.4, 0.5) is 17.1 Å². The first-order valence-electron chi connectivity index (χ1n) is 9.82. The van der Waals surface area contributed by atoms with E-state index < -0.39 is 17.8 Å². The molecule has 8 nitrogen and oxygen atoms in total. The summed E-state index contributed by atoms with van der Waals surface area (Å²) in [6.07, 6.45) is 1.20. The molecular formula is C23H24ClN3O5. The van der Waals surface area contributed by atoms with E-state index in [0.717, 1.165) is 11.1 Å². The van der Waals surface area contributed by atoms with Gasteiger partial charge in [0.15, 0.2) is 0 Å². The second-order valence-corrected chi connectivity index (χ2v) is 7.75. The molecule has 3 rings (SSSR count). The van der Waals surface area contributed by atoms with E-state index in [-0.39, 0.29) is 13.0 Å². The van der Waals surface area contributed by atoms with Gasteiger partial charge in [0.05, 0.1) is 37.7 Å². The van der Waals surface area contributed by atoms with Crippen LogP contribution in [0.5, 0.6) is 5.75 Å². The highest BCUT2D eigenvalue weighted by molar-refractivity contribution is 6.31. The summed E-state index contributed by atoms with van der Waals surface area (Å²) in [5.74, 6) is -0.917. The molecule has 0 unspecified atom stereocenters. The van der Waals surface area contributed by atoms with Gasteiger partial charge in [0.1, 0.15) is 12.3 Å². The van der Waals surface area contributed by atoms with Crippen LogP contribution in [0.25, 0.3) is 0 Å². The van der Waals surface area contributed by atoms with Gasteiger partial charge in [-0.25, -0.2) is 0 Å². The van der Waals surface area contributed by atoms with E-state index in [9.17, 15) is 14.4 Å². The molecule has 0 saturated heterocycles. The molecule has 1 aliphatic heterocycles.